The van der Waals surface area contributed by atoms with E-state index in [-0.39, 0.29) is 11.6 Å². The van der Waals surface area contributed by atoms with Crippen molar-refractivity contribution < 1.29 is 13.2 Å². The van der Waals surface area contributed by atoms with Gasteiger partial charge in [-0.15, -0.1) is 0 Å². The van der Waals surface area contributed by atoms with Gasteiger partial charge in [0.15, 0.2) is 9.84 Å². The molecule has 0 heterocycles. The summed E-state index contributed by atoms with van der Waals surface area (Å²) in [5, 5.41) is -0.565. The molecule has 1 aromatic rings. The normalized spacial score (nSPS) is 26.8. The van der Waals surface area contributed by atoms with Gasteiger partial charge >= 0.3 is 0 Å². The standard InChI is InChI=1S/C12H15NO3S2/c1-16-8-12(11(13)17)7-10(12)18(14,15)9-5-3-2-4-6-9/h2-6,10H,7-8H2,1H3,(H2,13,17)/t10-,12+/m1/s1. The fraction of sp³-hybridized carbons (Fsp3) is 0.417. The molecule has 2 atom stereocenters. The summed E-state index contributed by atoms with van der Waals surface area (Å²) in [6, 6.07) is 8.36. The van der Waals surface area contributed by atoms with E-state index in [0.717, 1.165) is 0 Å². The molecular formula is C12H15NO3S2. The minimum Gasteiger partial charge on any atom is -0.393 e. The molecule has 18 heavy (non-hydrogen) atoms. The third-order valence-corrected chi connectivity index (χ3v) is 6.05. The second-order valence-electron chi connectivity index (χ2n) is 4.50. The quantitative estimate of drug-likeness (QED) is 0.822. The van der Waals surface area contributed by atoms with Crippen LogP contribution in [0.4, 0.5) is 0 Å². The average Bonchev–Trinajstić information content (AvgIpc) is 3.07. The molecule has 1 aliphatic rings. The fourth-order valence-electron chi connectivity index (χ4n) is 2.19. The molecule has 1 saturated carbocycles. The average molecular weight is 285 g/mol. The molecule has 0 unspecified atom stereocenters. The van der Waals surface area contributed by atoms with Crippen molar-refractivity contribution in [2.24, 2.45) is 11.1 Å². The molecule has 0 saturated heterocycles. The van der Waals surface area contributed by atoms with Crippen LogP contribution >= 0.6 is 12.2 Å². The van der Waals surface area contributed by atoms with Crippen LogP contribution in [0.25, 0.3) is 0 Å². The molecule has 0 radical (unpaired) electrons. The Morgan fingerprint density at radius 2 is 2.11 bits per heavy atom. The Labute approximate surface area is 112 Å². The van der Waals surface area contributed by atoms with E-state index in [2.05, 4.69) is 0 Å². The lowest BCUT2D eigenvalue weighted by molar-refractivity contribution is 0.169. The molecule has 2 N–H and O–H groups in total. The highest BCUT2D eigenvalue weighted by atomic mass is 32.2. The van der Waals surface area contributed by atoms with Crippen LogP contribution in [0.2, 0.25) is 0 Å². The summed E-state index contributed by atoms with van der Waals surface area (Å²) >= 11 is 4.99. The van der Waals surface area contributed by atoms with Crippen LogP contribution in [-0.2, 0) is 14.6 Å². The molecule has 0 aromatic heterocycles. The number of rotatable bonds is 5. The minimum absolute atomic E-state index is 0.217. The summed E-state index contributed by atoms with van der Waals surface area (Å²) in [5.41, 5.74) is 4.98. The van der Waals surface area contributed by atoms with Crippen LogP contribution in [-0.4, -0.2) is 32.4 Å². The predicted molar refractivity (Wildman–Crippen MR) is 73.1 cm³/mol. The van der Waals surface area contributed by atoms with Crippen LogP contribution in [0, 0.1) is 5.41 Å². The van der Waals surface area contributed by atoms with Crippen molar-refractivity contribution in [3.05, 3.63) is 30.3 Å². The Bertz CT molecular complexity index is 556. The predicted octanol–water partition coefficient (Wildman–Crippen LogP) is 1.15. The molecule has 1 aliphatic carbocycles. The van der Waals surface area contributed by atoms with Crippen LogP contribution in [0.15, 0.2) is 35.2 Å². The Kier molecular flexibility index (Phi) is 3.44. The van der Waals surface area contributed by atoms with E-state index in [1.807, 2.05) is 0 Å². The second kappa shape index (κ2) is 4.60. The lowest BCUT2D eigenvalue weighted by atomic mass is 10.1. The number of sulfone groups is 1. The maximum Gasteiger partial charge on any atom is 0.182 e. The van der Waals surface area contributed by atoms with Gasteiger partial charge in [0.25, 0.3) is 0 Å². The van der Waals surface area contributed by atoms with E-state index in [4.69, 9.17) is 22.7 Å². The van der Waals surface area contributed by atoms with Gasteiger partial charge in [0.2, 0.25) is 0 Å². The first kappa shape index (κ1) is 13.5. The van der Waals surface area contributed by atoms with Crippen LogP contribution in [0.5, 0.6) is 0 Å². The summed E-state index contributed by atoms with van der Waals surface area (Å²) < 4.78 is 29.9. The zero-order valence-corrected chi connectivity index (χ0v) is 11.6. The zero-order chi connectivity index (χ0) is 13.4. The van der Waals surface area contributed by atoms with Gasteiger partial charge in [-0.05, 0) is 18.6 Å². The number of hydrogen-bond donors (Lipinski definition) is 1. The lowest BCUT2D eigenvalue weighted by Crippen LogP contribution is -2.32. The van der Waals surface area contributed by atoms with E-state index in [1.165, 1.54) is 7.11 Å². The van der Waals surface area contributed by atoms with Gasteiger partial charge in [-0.3, -0.25) is 0 Å². The topological polar surface area (TPSA) is 69.4 Å². The Hall–Kier alpha value is -0.980. The summed E-state index contributed by atoms with van der Waals surface area (Å²) in [6.07, 6.45) is 0.438. The number of methoxy groups -OCH3 is 1. The number of nitrogens with two attached hydrogens (primary N) is 1. The van der Waals surface area contributed by atoms with Crippen molar-refractivity contribution in [2.75, 3.05) is 13.7 Å². The van der Waals surface area contributed by atoms with Crippen molar-refractivity contribution in [3.63, 3.8) is 0 Å². The van der Waals surface area contributed by atoms with Crippen LogP contribution in [0.3, 0.4) is 0 Å². The van der Waals surface area contributed by atoms with Gasteiger partial charge < -0.3 is 10.5 Å². The molecule has 0 amide bonds. The van der Waals surface area contributed by atoms with Gasteiger partial charge in [0.1, 0.15) is 0 Å². The number of thiocarbonyl (C=S) groups is 1. The molecule has 6 heteroatoms. The van der Waals surface area contributed by atoms with E-state index < -0.39 is 20.5 Å². The van der Waals surface area contributed by atoms with Crippen molar-refractivity contribution in [3.8, 4) is 0 Å². The minimum atomic E-state index is -3.39. The molecule has 0 aliphatic heterocycles. The van der Waals surface area contributed by atoms with Crippen LogP contribution in [0.1, 0.15) is 6.42 Å². The molecule has 98 valence electrons. The second-order valence-corrected chi connectivity index (χ2v) is 7.07. The molecular weight excluding hydrogens is 270 g/mol. The molecule has 4 nitrogen and oxygen atoms in total. The highest BCUT2D eigenvalue weighted by Gasteiger charge is 2.63. The maximum atomic E-state index is 12.4. The zero-order valence-electron chi connectivity index (χ0n) is 10.00. The first-order valence-corrected chi connectivity index (χ1v) is 7.48. The number of ether oxygens (including phenoxy) is 1. The van der Waals surface area contributed by atoms with Gasteiger partial charge in [-0.25, -0.2) is 8.42 Å². The number of hydrogen-bond acceptors (Lipinski definition) is 4. The van der Waals surface area contributed by atoms with Crippen LogP contribution < -0.4 is 5.73 Å². The first-order valence-electron chi connectivity index (χ1n) is 5.53. The summed E-state index contributed by atoms with van der Waals surface area (Å²) in [6.45, 7) is 0.249. The largest absolute Gasteiger partial charge is 0.393 e. The molecule has 0 bridgehead atoms. The Morgan fingerprint density at radius 3 is 2.61 bits per heavy atom. The Balaban J connectivity index is 2.33. The maximum absolute atomic E-state index is 12.4. The van der Waals surface area contributed by atoms with E-state index >= 15 is 0 Å². The molecule has 1 fully saturated rings. The molecule has 2 rings (SSSR count). The van der Waals surface area contributed by atoms with Crippen molar-refractivity contribution in [1.82, 2.24) is 0 Å². The summed E-state index contributed by atoms with van der Waals surface area (Å²) in [5.74, 6) is 0. The van der Waals surface area contributed by atoms with E-state index in [9.17, 15) is 8.42 Å². The summed E-state index contributed by atoms with van der Waals surface area (Å²) in [4.78, 5) is 0.526. The third kappa shape index (κ3) is 2.04. The van der Waals surface area contributed by atoms with Crippen molar-refractivity contribution >= 4 is 27.0 Å². The first-order chi connectivity index (χ1) is 8.45. The fourth-order valence-corrected chi connectivity index (χ4v) is 4.72. The van der Waals surface area contributed by atoms with Crippen molar-refractivity contribution in [2.45, 2.75) is 16.6 Å². The Morgan fingerprint density at radius 1 is 1.50 bits per heavy atom. The van der Waals surface area contributed by atoms with Crippen molar-refractivity contribution in [1.29, 1.82) is 0 Å². The lowest BCUT2D eigenvalue weighted by Gasteiger charge is -2.14. The van der Waals surface area contributed by atoms with Gasteiger partial charge in [0, 0.05) is 7.11 Å². The highest BCUT2D eigenvalue weighted by Crippen LogP contribution is 2.53. The SMILES string of the molecule is COC[C@@]1(C(N)=S)C[C@H]1S(=O)(=O)c1ccccc1. The van der Waals surface area contributed by atoms with E-state index in [0.29, 0.717) is 11.3 Å². The third-order valence-electron chi connectivity index (χ3n) is 3.34. The van der Waals surface area contributed by atoms with Gasteiger partial charge in [-0.2, -0.15) is 0 Å². The molecule has 0 spiro atoms. The monoisotopic (exact) mass is 285 g/mol. The number of benzene rings is 1. The highest BCUT2D eigenvalue weighted by molar-refractivity contribution is 7.92. The van der Waals surface area contributed by atoms with Gasteiger partial charge in [0.05, 0.1) is 27.2 Å². The van der Waals surface area contributed by atoms with E-state index in [1.54, 1.807) is 30.3 Å². The van der Waals surface area contributed by atoms with Gasteiger partial charge in [-0.1, -0.05) is 30.4 Å². The summed E-state index contributed by atoms with van der Waals surface area (Å²) in [7, 11) is -1.87. The molecule has 1 aromatic carbocycles. The smallest absolute Gasteiger partial charge is 0.182 e.